The van der Waals surface area contributed by atoms with Crippen molar-refractivity contribution in [1.82, 2.24) is 14.7 Å². The van der Waals surface area contributed by atoms with Crippen molar-refractivity contribution >= 4 is 0 Å². The van der Waals surface area contributed by atoms with Crippen LogP contribution in [-0.4, -0.2) is 85.8 Å². The molecule has 0 aromatic carbocycles. The molecule has 4 nitrogen and oxygen atoms in total. The Labute approximate surface area is 162 Å². The van der Waals surface area contributed by atoms with E-state index in [4.69, 9.17) is 4.74 Å². The van der Waals surface area contributed by atoms with Crippen molar-refractivity contribution in [3.63, 3.8) is 0 Å². The number of likely N-dealkylation sites (tertiary alicyclic amines) is 1. The van der Waals surface area contributed by atoms with E-state index in [1.165, 1.54) is 84.6 Å². The fraction of sp³-hybridized carbons (Fsp3) is 1.00. The Morgan fingerprint density at radius 3 is 2.31 bits per heavy atom. The fourth-order valence-corrected chi connectivity index (χ4v) is 5.20. The van der Waals surface area contributed by atoms with E-state index in [9.17, 15) is 0 Å². The Morgan fingerprint density at radius 2 is 1.65 bits per heavy atom. The van der Waals surface area contributed by atoms with Gasteiger partial charge in [-0.3, -0.25) is 4.90 Å². The zero-order valence-electron chi connectivity index (χ0n) is 17.9. The maximum absolute atomic E-state index is 6.32. The van der Waals surface area contributed by atoms with Crippen molar-refractivity contribution in [2.45, 2.75) is 59.0 Å². The van der Waals surface area contributed by atoms with Crippen molar-refractivity contribution in [3.8, 4) is 0 Å². The van der Waals surface area contributed by atoms with E-state index in [2.05, 4.69) is 42.4 Å². The largest absolute Gasteiger partial charge is 0.372 e. The summed E-state index contributed by atoms with van der Waals surface area (Å²) in [5, 5.41) is 0. The molecule has 3 fully saturated rings. The highest BCUT2D eigenvalue weighted by atomic mass is 16.5. The molecule has 3 saturated heterocycles. The first-order valence-electron chi connectivity index (χ1n) is 11.3. The first-order valence-corrected chi connectivity index (χ1v) is 11.3. The predicted octanol–water partition coefficient (Wildman–Crippen LogP) is 3.18. The Balaban J connectivity index is 1.31. The van der Waals surface area contributed by atoms with E-state index in [0.717, 1.165) is 24.4 Å². The summed E-state index contributed by atoms with van der Waals surface area (Å²) in [7, 11) is 0. The van der Waals surface area contributed by atoms with Gasteiger partial charge in [0.2, 0.25) is 0 Å². The fourth-order valence-electron chi connectivity index (χ4n) is 5.20. The Morgan fingerprint density at radius 1 is 0.962 bits per heavy atom. The summed E-state index contributed by atoms with van der Waals surface area (Å²) in [6.07, 6.45) is 5.31. The van der Waals surface area contributed by atoms with Crippen LogP contribution in [-0.2, 0) is 4.74 Å². The van der Waals surface area contributed by atoms with Crippen LogP contribution in [0, 0.1) is 17.8 Å². The van der Waals surface area contributed by atoms with Crippen molar-refractivity contribution in [3.05, 3.63) is 0 Å². The van der Waals surface area contributed by atoms with E-state index in [1.54, 1.807) is 0 Å². The summed E-state index contributed by atoms with van der Waals surface area (Å²) in [6, 6.07) is 0. The molecule has 3 aliphatic rings. The zero-order chi connectivity index (χ0) is 18.6. The van der Waals surface area contributed by atoms with Gasteiger partial charge >= 0.3 is 0 Å². The van der Waals surface area contributed by atoms with Crippen LogP contribution in [0.3, 0.4) is 0 Å². The van der Waals surface area contributed by atoms with Gasteiger partial charge in [0.15, 0.2) is 0 Å². The quantitative estimate of drug-likeness (QED) is 0.625. The van der Waals surface area contributed by atoms with Gasteiger partial charge < -0.3 is 14.5 Å². The maximum Gasteiger partial charge on any atom is 0.0938 e. The van der Waals surface area contributed by atoms with Crippen LogP contribution in [0.2, 0.25) is 0 Å². The molecular formula is C22H43N3O. The minimum atomic E-state index is 0.215. The predicted molar refractivity (Wildman–Crippen MR) is 110 cm³/mol. The Kier molecular flexibility index (Phi) is 7.40. The molecule has 0 amide bonds. The lowest BCUT2D eigenvalue weighted by Crippen LogP contribution is -2.62. The highest BCUT2D eigenvalue weighted by Gasteiger charge is 2.49. The molecule has 4 heteroatoms. The third-order valence-corrected chi connectivity index (χ3v) is 6.64. The van der Waals surface area contributed by atoms with Crippen molar-refractivity contribution in [1.29, 1.82) is 0 Å². The zero-order valence-corrected chi connectivity index (χ0v) is 17.9. The van der Waals surface area contributed by atoms with E-state index in [0.29, 0.717) is 0 Å². The van der Waals surface area contributed by atoms with Gasteiger partial charge in [-0.25, -0.2) is 0 Å². The van der Waals surface area contributed by atoms with E-state index >= 15 is 0 Å². The number of ether oxygens (including phenoxy) is 1. The molecule has 0 N–H and O–H groups in total. The third kappa shape index (κ3) is 5.67. The van der Waals surface area contributed by atoms with E-state index < -0.39 is 0 Å². The Bertz CT molecular complexity index is 414. The van der Waals surface area contributed by atoms with Crippen LogP contribution >= 0.6 is 0 Å². The second-order valence-corrected chi connectivity index (χ2v) is 9.95. The average molecular weight is 366 g/mol. The van der Waals surface area contributed by atoms with Gasteiger partial charge in [-0.15, -0.1) is 0 Å². The molecule has 152 valence electrons. The smallest absolute Gasteiger partial charge is 0.0938 e. The molecule has 3 rings (SSSR count). The molecule has 0 radical (unpaired) electrons. The molecule has 2 unspecified atom stereocenters. The van der Waals surface area contributed by atoms with Crippen LogP contribution in [0.4, 0.5) is 0 Å². The topological polar surface area (TPSA) is 19.0 Å². The van der Waals surface area contributed by atoms with Crippen LogP contribution < -0.4 is 0 Å². The van der Waals surface area contributed by atoms with Gasteiger partial charge in [0, 0.05) is 52.4 Å². The molecule has 26 heavy (non-hydrogen) atoms. The summed E-state index contributed by atoms with van der Waals surface area (Å²) >= 11 is 0. The van der Waals surface area contributed by atoms with Crippen LogP contribution in [0.5, 0.6) is 0 Å². The molecule has 0 aliphatic carbocycles. The molecule has 3 aliphatic heterocycles. The minimum Gasteiger partial charge on any atom is -0.372 e. The second kappa shape index (κ2) is 9.36. The normalized spacial score (nSPS) is 28.7. The number of hydrogen-bond donors (Lipinski definition) is 0. The molecule has 2 atom stereocenters. The van der Waals surface area contributed by atoms with Crippen LogP contribution in [0.15, 0.2) is 0 Å². The summed E-state index contributed by atoms with van der Waals surface area (Å²) < 4.78 is 6.32. The molecule has 3 heterocycles. The van der Waals surface area contributed by atoms with Crippen LogP contribution in [0.1, 0.15) is 53.4 Å². The van der Waals surface area contributed by atoms with Crippen molar-refractivity contribution in [2.75, 3.05) is 65.5 Å². The summed E-state index contributed by atoms with van der Waals surface area (Å²) in [5.74, 6) is 2.42. The van der Waals surface area contributed by atoms with E-state index in [1.807, 2.05) is 0 Å². The summed E-state index contributed by atoms with van der Waals surface area (Å²) in [6.45, 7) is 21.5. The molecule has 0 aromatic heterocycles. The number of rotatable bonds is 9. The van der Waals surface area contributed by atoms with Crippen molar-refractivity contribution < 1.29 is 4.74 Å². The first-order chi connectivity index (χ1) is 12.5. The maximum atomic E-state index is 6.32. The van der Waals surface area contributed by atoms with Gasteiger partial charge in [-0.2, -0.15) is 0 Å². The average Bonchev–Trinajstić information content (AvgIpc) is 2.99. The van der Waals surface area contributed by atoms with Gasteiger partial charge in [0.1, 0.15) is 0 Å². The first kappa shape index (κ1) is 20.6. The van der Waals surface area contributed by atoms with Crippen molar-refractivity contribution in [2.24, 2.45) is 17.8 Å². The molecule has 0 bridgehead atoms. The molecule has 0 aromatic rings. The highest BCUT2D eigenvalue weighted by molar-refractivity contribution is 5.02. The summed E-state index contributed by atoms with van der Waals surface area (Å²) in [5.41, 5.74) is 0.215. The lowest BCUT2D eigenvalue weighted by molar-refractivity contribution is -0.114. The van der Waals surface area contributed by atoms with Gasteiger partial charge in [0.05, 0.1) is 12.2 Å². The van der Waals surface area contributed by atoms with E-state index in [-0.39, 0.29) is 5.60 Å². The second-order valence-electron chi connectivity index (χ2n) is 9.95. The SMILES string of the molecule is CCCN1CCN(CC2COC3(C2)CN(CC(C)CCC(C)C)C3)CC1. The van der Waals surface area contributed by atoms with Gasteiger partial charge in [-0.1, -0.05) is 34.1 Å². The monoisotopic (exact) mass is 365 g/mol. The number of piperazine rings is 1. The van der Waals surface area contributed by atoms with Gasteiger partial charge in [-0.05, 0) is 43.6 Å². The minimum absolute atomic E-state index is 0.215. The Hall–Kier alpha value is -0.160. The molecule has 0 saturated carbocycles. The number of hydrogen-bond acceptors (Lipinski definition) is 4. The highest BCUT2D eigenvalue weighted by Crippen LogP contribution is 2.38. The number of nitrogens with zero attached hydrogens (tertiary/aromatic N) is 3. The molecular weight excluding hydrogens is 322 g/mol. The van der Waals surface area contributed by atoms with Gasteiger partial charge in [0.25, 0.3) is 0 Å². The molecule has 1 spiro atoms. The standard InChI is InChI=1S/C22H43N3O/c1-5-8-23-9-11-24(12-10-23)15-21-13-22(26-16-21)17-25(18-22)14-20(4)7-6-19(2)3/h19-21H,5-18H2,1-4H3. The summed E-state index contributed by atoms with van der Waals surface area (Å²) in [4.78, 5) is 7.94. The third-order valence-electron chi connectivity index (χ3n) is 6.64. The lowest BCUT2D eigenvalue weighted by Gasteiger charge is -2.48. The van der Waals surface area contributed by atoms with Crippen LogP contribution in [0.25, 0.3) is 0 Å². The lowest BCUT2D eigenvalue weighted by atomic mass is 9.85.